The van der Waals surface area contributed by atoms with E-state index >= 15 is 0 Å². The molecule has 1 unspecified atom stereocenters. The van der Waals surface area contributed by atoms with E-state index in [-0.39, 0.29) is 11.5 Å². The summed E-state index contributed by atoms with van der Waals surface area (Å²) in [6, 6.07) is 10.3. The van der Waals surface area contributed by atoms with Crippen molar-refractivity contribution in [3.63, 3.8) is 0 Å². The topological polar surface area (TPSA) is 51.8 Å². The summed E-state index contributed by atoms with van der Waals surface area (Å²) in [5.74, 6) is 0.678. The van der Waals surface area contributed by atoms with Crippen LogP contribution in [-0.2, 0) is 5.41 Å². The number of rotatable bonds is 2. The number of hydrogen-bond acceptors (Lipinski definition) is 3. The fourth-order valence-electron chi connectivity index (χ4n) is 1.89. The summed E-state index contributed by atoms with van der Waals surface area (Å²) in [6.07, 6.45) is 1.76. The second-order valence-electron chi connectivity index (χ2n) is 5.92. The Hall–Kier alpha value is -1.74. The van der Waals surface area contributed by atoms with Crippen molar-refractivity contribution in [2.75, 3.05) is 0 Å². The van der Waals surface area contributed by atoms with Crippen LogP contribution in [0.2, 0.25) is 0 Å². The van der Waals surface area contributed by atoms with Crippen molar-refractivity contribution in [2.24, 2.45) is 5.73 Å². The minimum atomic E-state index is -0.145. The zero-order chi connectivity index (χ0) is 14.0. The summed E-state index contributed by atoms with van der Waals surface area (Å²) in [5, 5.41) is 0. The first kappa shape index (κ1) is 13.7. The molecule has 0 saturated carbocycles. The zero-order valence-corrected chi connectivity index (χ0v) is 12.0. The second-order valence-corrected chi connectivity index (χ2v) is 5.92. The molecular weight excluding hydrogens is 234 g/mol. The molecule has 100 valence electrons. The highest BCUT2D eigenvalue weighted by Gasteiger charge is 2.13. The van der Waals surface area contributed by atoms with Gasteiger partial charge < -0.3 is 5.73 Å². The summed E-state index contributed by atoms with van der Waals surface area (Å²) >= 11 is 0. The Morgan fingerprint density at radius 1 is 1.05 bits per heavy atom. The predicted molar refractivity (Wildman–Crippen MR) is 78.8 cm³/mol. The van der Waals surface area contributed by atoms with Gasteiger partial charge in [-0.05, 0) is 24.0 Å². The Labute approximate surface area is 114 Å². The van der Waals surface area contributed by atoms with E-state index in [9.17, 15) is 0 Å². The Bertz CT molecular complexity index is 551. The quantitative estimate of drug-likeness (QED) is 0.894. The average Bonchev–Trinajstić information content (AvgIpc) is 2.38. The van der Waals surface area contributed by atoms with Gasteiger partial charge >= 0.3 is 0 Å². The molecule has 3 nitrogen and oxygen atoms in total. The summed E-state index contributed by atoms with van der Waals surface area (Å²) in [6.45, 7) is 8.52. The van der Waals surface area contributed by atoms with Gasteiger partial charge in [0.25, 0.3) is 0 Å². The van der Waals surface area contributed by atoms with Gasteiger partial charge in [0, 0.05) is 11.8 Å². The van der Waals surface area contributed by atoms with Crippen LogP contribution in [0.1, 0.15) is 45.1 Å². The van der Waals surface area contributed by atoms with Crippen LogP contribution in [0.4, 0.5) is 0 Å². The molecule has 0 aliphatic carbocycles. The lowest BCUT2D eigenvalue weighted by molar-refractivity contribution is 0.590. The van der Waals surface area contributed by atoms with Crippen molar-refractivity contribution in [1.29, 1.82) is 0 Å². The highest BCUT2D eigenvalue weighted by molar-refractivity contribution is 5.59. The molecule has 1 aromatic carbocycles. The number of benzene rings is 1. The van der Waals surface area contributed by atoms with Crippen LogP contribution in [0.25, 0.3) is 11.3 Å². The van der Waals surface area contributed by atoms with Gasteiger partial charge in [0.05, 0.1) is 11.7 Å². The molecule has 2 N–H and O–H groups in total. The largest absolute Gasteiger partial charge is 0.322 e. The fraction of sp³-hybridized carbons (Fsp3) is 0.375. The van der Waals surface area contributed by atoms with Crippen LogP contribution < -0.4 is 5.73 Å². The van der Waals surface area contributed by atoms with Gasteiger partial charge in [0.1, 0.15) is 5.82 Å². The lowest BCUT2D eigenvalue weighted by atomic mass is 9.86. The first-order valence-corrected chi connectivity index (χ1v) is 6.57. The van der Waals surface area contributed by atoms with E-state index < -0.39 is 0 Å². The molecule has 0 bridgehead atoms. The van der Waals surface area contributed by atoms with Crippen molar-refractivity contribution in [3.8, 4) is 11.3 Å². The van der Waals surface area contributed by atoms with E-state index in [1.54, 1.807) is 6.20 Å². The monoisotopic (exact) mass is 255 g/mol. The van der Waals surface area contributed by atoms with Crippen molar-refractivity contribution < 1.29 is 0 Å². The molecule has 0 saturated heterocycles. The van der Waals surface area contributed by atoms with Crippen molar-refractivity contribution >= 4 is 0 Å². The van der Waals surface area contributed by atoms with E-state index in [1.165, 1.54) is 5.56 Å². The molecule has 2 aromatic rings. The van der Waals surface area contributed by atoms with E-state index in [1.807, 2.05) is 13.0 Å². The number of hydrogen-bond donors (Lipinski definition) is 1. The molecular formula is C16H21N3. The maximum atomic E-state index is 5.82. The predicted octanol–water partition coefficient (Wildman–Crippen LogP) is 3.46. The molecule has 1 aromatic heterocycles. The average molecular weight is 255 g/mol. The number of nitrogens with two attached hydrogens (primary N) is 1. The molecule has 0 spiro atoms. The molecule has 19 heavy (non-hydrogen) atoms. The molecule has 0 aliphatic heterocycles. The third-order valence-corrected chi connectivity index (χ3v) is 3.13. The second kappa shape index (κ2) is 5.10. The normalized spacial score (nSPS) is 13.3. The molecule has 1 heterocycles. The lowest BCUT2D eigenvalue weighted by Gasteiger charge is -2.19. The fourth-order valence-corrected chi connectivity index (χ4v) is 1.89. The van der Waals surface area contributed by atoms with E-state index in [0.717, 1.165) is 11.3 Å². The molecule has 0 radical (unpaired) electrons. The van der Waals surface area contributed by atoms with Gasteiger partial charge in [0.2, 0.25) is 0 Å². The maximum absolute atomic E-state index is 5.82. The van der Waals surface area contributed by atoms with Gasteiger partial charge in [0.15, 0.2) is 0 Å². The maximum Gasteiger partial charge on any atom is 0.145 e. The molecule has 3 heteroatoms. The molecule has 1 atom stereocenters. The van der Waals surface area contributed by atoms with Crippen molar-refractivity contribution in [1.82, 2.24) is 9.97 Å². The Morgan fingerprint density at radius 2 is 1.68 bits per heavy atom. The van der Waals surface area contributed by atoms with Crippen LogP contribution in [-0.4, -0.2) is 9.97 Å². The third kappa shape index (κ3) is 3.18. The Kier molecular flexibility index (Phi) is 3.67. The SMILES string of the molecule is CC(N)c1nccc(-c2ccc(C(C)(C)C)cc2)n1. The minimum Gasteiger partial charge on any atom is -0.322 e. The van der Waals surface area contributed by atoms with Crippen LogP contribution in [0.3, 0.4) is 0 Å². The molecule has 0 aliphatic rings. The summed E-state index contributed by atoms with van der Waals surface area (Å²) in [7, 11) is 0. The lowest BCUT2D eigenvalue weighted by Crippen LogP contribution is -2.11. The van der Waals surface area contributed by atoms with Crippen molar-refractivity contribution in [2.45, 2.75) is 39.2 Å². The zero-order valence-electron chi connectivity index (χ0n) is 12.0. The molecule has 0 amide bonds. The highest BCUT2D eigenvalue weighted by Crippen LogP contribution is 2.25. The van der Waals surface area contributed by atoms with Crippen LogP contribution in [0, 0.1) is 0 Å². The summed E-state index contributed by atoms with van der Waals surface area (Å²) in [5.41, 5.74) is 9.32. The summed E-state index contributed by atoms with van der Waals surface area (Å²) < 4.78 is 0. The Balaban J connectivity index is 2.35. The van der Waals surface area contributed by atoms with Crippen LogP contribution in [0.5, 0.6) is 0 Å². The number of aromatic nitrogens is 2. The standard InChI is InChI=1S/C16H21N3/c1-11(17)15-18-10-9-14(19-15)12-5-7-13(8-6-12)16(2,3)4/h5-11H,17H2,1-4H3. The first-order valence-electron chi connectivity index (χ1n) is 6.57. The van der Waals surface area contributed by atoms with Gasteiger partial charge in [-0.15, -0.1) is 0 Å². The van der Waals surface area contributed by atoms with E-state index in [4.69, 9.17) is 5.73 Å². The van der Waals surface area contributed by atoms with Gasteiger partial charge in [-0.2, -0.15) is 0 Å². The van der Waals surface area contributed by atoms with E-state index in [0.29, 0.717) is 5.82 Å². The van der Waals surface area contributed by atoms with Gasteiger partial charge in [-0.3, -0.25) is 0 Å². The van der Waals surface area contributed by atoms with Crippen molar-refractivity contribution in [3.05, 3.63) is 47.9 Å². The highest BCUT2D eigenvalue weighted by atomic mass is 14.9. The van der Waals surface area contributed by atoms with Gasteiger partial charge in [-0.1, -0.05) is 45.0 Å². The Morgan fingerprint density at radius 3 is 2.21 bits per heavy atom. The van der Waals surface area contributed by atoms with E-state index in [2.05, 4.69) is 55.0 Å². The minimum absolute atomic E-state index is 0.145. The molecule has 2 rings (SSSR count). The third-order valence-electron chi connectivity index (χ3n) is 3.13. The first-order chi connectivity index (χ1) is 8.88. The van der Waals surface area contributed by atoms with Gasteiger partial charge in [-0.25, -0.2) is 9.97 Å². The molecule has 0 fully saturated rings. The van der Waals surface area contributed by atoms with Crippen LogP contribution >= 0.6 is 0 Å². The smallest absolute Gasteiger partial charge is 0.145 e. The summed E-state index contributed by atoms with van der Waals surface area (Å²) in [4.78, 5) is 8.68. The number of nitrogens with zero attached hydrogens (tertiary/aromatic N) is 2. The van der Waals surface area contributed by atoms with Crippen LogP contribution in [0.15, 0.2) is 36.5 Å².